The lowest BCUT2D eigenvalue weighted by Crippen LogP contribution is -2.07. The van der Waals surface area contributed by atoms with Crippen LogP contribution in [0, 0.1) is 0 Å². The number of fused-ring (bicyclic) bond motifs is 7. The molecule has 202 valence electrons. The van der Waals surface area contributed by atoms with E-state index in [0.717, 1.165) is 0 Å². The average molecular weight is 548 g/mol. The molecule has 0 saturated carbocycles. The molecule has 1 heteroatoms. The lowest BCUT2D eigenvalue weighted by molar-refractivity contribution is 0.840. The predicted octanol–water partition coefficient (Wildman–Crippen LogP) is 10.6. The highest BCUT2D eigenvalue weighted by atomic mass is 15.0. The smallest absolute Gasteiger partial charge is 0.0544 e. The summed E-state index contributed by atoms with van der Waals surface area (Å²) in [5, 5.41) is 7.95. The van der Waals surface area contributed by atoms with Crippen molar-refractivity contribution >= 4 is 43.4 Å². The van der Waals surface area contributed by atoms with Crippen molar-refractivity contribution in [2.45, 2.75) is 25.7 Å². The van der Waals surface area contributed by atoms with E-state index in [1.165, 1.54) is 119 Å². The highest BCUT2D eigenvalue weighted by molar-refractivity contribution is 6.22. The molecule has 0 atom stereocenters. The van der Waals surface area contributed by atoms with Gasteiger partial charge in [0.25, 0.3) is 0 Å². The lowest BCUT2D eigenvalue weighted by atomic mass is 9.82. The molecule has 1 aromatic heterocycles. The number of hydrogen-bond acceptors (Lipinski definition) is 0. The van der Waals surface area contributed by atoms with Crippen molar-refractivity contribution in [2.24, 2.45) is 0 Å². The molecule has 2 aliphatic carbocycles. The Hall–Kier alpha value is -5.14. The van der Waals surface area contributed by atoms with Crippen LogP contribution in [0.15, 0.2) is 127 Å². The molecule has 43 heavy (non-hydrogen) atoms. The van der Waals surface area contributed by atoms with Gasteiger partial charge in [0.1, 0.15) is 0 Å². The summed E-state index contributed by atoms with van der Waals surface area (Å²) in [4.78, 5) is 0. The summed E-state index contributed by atoms with van der Waals surface area (Å²) in [6.07, 6.45) is 4.77. The van der Waals surface area contributed by atoms with Crippen LogP contribution in [0.25, 0.3) is 71.3 Å². The number of aromatic nitrogens is 1. The summed E-state index contributed by atoms with van der Waals surface area (Å²) in [5.41, 5.74) is 15.1. The van der Waals surface area contributed by atoms with E-state index >= 15 is 0 Å². The quantitative estimate of drug-likeness (QED) is 0.194. The van der Waals surface area contributed by atoms with E-state index in [9.17, 15) is 0 Å². The summed E-state index contributed by atoms with van der Waals surface area (Å²) in [6, 6.07) is 48.1. The number of rotatable bonds is 3. The molecule has 0 unspecified atom stereocenters. The van der Waals surface area contributed by atoms with Gasteiger partial charge in [-0.1, -0.05) is 91.0 Å². The van der Waals surface area contributed by atoms with Crippen molar-refractivity contribution in [1.29, 1.82) is 0 Å². The van der Waals surface area contributed by atoms with E-state index in [2.05, 4.69) is 132 Å². The Kier molecular flexibility index (Phi) is 4.73. The minimum atomic E-state index is 1.18. The molecule has 10 rings (SSSR count). The van der Waals surface area contributed by atoms with Gasteiger partial charge in [-0.3, -0.25) is 0 Å². The Morgan fingerprint density at radius 3 is 1.47 bits per heavy atom. The predicted molar refractivity (Wildman–Crippen MR) is 181 cm³/mol. The van der Waals surface area contributed by atoms with Crippen LogP contribution in [-0.2, 0) is 25.7 Å². The zero-order valence-electron chi connectivity index (χ0n) is 23.9. The Bertz CT molecular complexity index is 2380. The Balaban J connectivity index is 1.29. The van der Waals surface area contributed by atoms with Gasteiger partial charge in [0.2, 0.25) is 0 Å². The Labute approximate surface area is 250 Å². The zero-order valence-corrected chi connectivity index (χ0v) is 23.9. The average Bonchev–Trinajstić information content (AvgIpc) is 3.34. The molecule has 0 saturated heterocycles. The standard InChI is InChI=1S/C42H29N/c1-2-8-32(9-3-1)43-39-21-20-31(24-37(39)38-23-28-17-18-29(28)25-40(38)43)42-35-12-6-4-10-33(35)41(34-11-5-7-13-36(34)42)30-19-15-26-14-16-27(26)22-30/h1-13,15,19-25H,14,16-18H2. The van der Waals surface area contributed by atoms with Crippen LogP contribution in [0.3, 0.4) is 0 Å². The fourth-order valence-corrected chi connectivity index (χ4v) is 7.82. The number of para-hydroxylation sites is 1. The number of nitrogens with zero attached hydrogens (tertiary/aromatic N) is 1. The van der Waals surface area contributed by atoms with Gasteiger partial charge in [0, 0.05) is 16.5 Å². The first-order valence-electron chi connectivity index (χ1n) is 15.5. The van der Waals surface area contributed by atoms with Crippen molar-refractivity contribution in [2.75, 3.05) is 0 Å². The third-order valence-electron chi connectivity index (χ3n) is 10.1. The molecular formula is C42H29N. The van der Waals surface area contributed by atoms with Crippen molar-refractivity contribution < 1.29 is 0 Å². The molecule has 0 bridgehead atoms. The largest absolute Gasteiger partial charge is 0.309 e. The van der Waals surface area contributed by atoms with E-state index in [-0.39, 0.29) is 0 Å². The summed E-state index contributed by atoms with van der Waals surface area (Å²) >= 11 is 0. The van der Waals surface area contributed by atoms with Gasteiger partial charge in [-0.15, -0.1) is 0 Å². The first-order valence-corrected chi connectivity index (χ1v) is 15.5. The number of aryl methyl sites for hydroxylation is 4. The summed E-state index contributed by atoms with van der Waals surface area (Å²) in [5.74, 6) is 0. The van der Waals surface area contributed by atoms with E-state index in [0.29, 0.717) is 0 Å². The lowest BCUT2D eigenvalue weighted by Gasteiger charge is -2.22. The van der Waals surface area contributed by atoms with Gasteiger partial charge < -0.3 is 4.57 Å². The Morgan fingerprint density at radius 1 is 0.349 bits per heavy atom. The van der Waals surface area contributed by atoms with E-state index in [1.54, 1.807) is 0 Å². The molecule has 1 nitrogen and oxygen atoms in total. The topological polar surface area (TPSA) is 4.93 Å². The molecule has 1 heterocycles. The minimum absolute atomic E-state index is 1.18. The van der Waals surface area contributed by atoms with Gasteiger partial charge in [0.15, 0.2) is 0 Å². The molecular weight excluding hydrogens is 518 g/mol. The second-order valence-electron chi connectivity index (χ2n) is 12.4. The molecule has 0 aliphatic heterocycles. The van der Waals surface area contributed by atoms with Crippen molar-refractivity contribution in [3.63, 3.8) is 0 Å². The first kappa shape index (κ1) is 23.4. The van der Waals surface area contributed by atoms with Crippen molar-refractivity contribution in [3.8, 4) is 27.9 Å². The van der Waals surface area contributed by atoms with E-state index in [4.69, 9.17) is 0 Å². The molecule has 8 aromatic rings. The van der Waals surface area contributed by atoms with Crippen LogP contribution in [-0.4, -0.2) is 4.57 Å². The first-order chi connectivity index (χ1) is 21.3. The molecule has 0 fully saturated rings. The maximum Gasteiger partial charge on any atom is 0.0544 e. The van der Waals surface area contributed by atoms with Gasteiger partial charge in [0.05, 0.1) is 11.0 Å². The van der Waals surface area contributed by atoms with E-state index < -0.39 is 0 Å². The van der Waals surface area contributed by atoms with E-state index in [1.807, 2.05) is 0 Å². The van der Waals surface area contributed by atoms with Gasteiger partial charge in [-0.2, -0.15) is 0 Å². The van der Waals surface area contributed by atoms with Crippen LogP contribution >= 0.6 is 0 Å². The third-order valence-corrected chi connectivity index (χ3v) is 10.1. The van der Waals surface area contributed by atoms with Crippen LogP contribution in [0.5, 0.6) is 0 Å². The molecule has 2 aliphatic rings. The maximum absolute atomic E-state index is 2.46. The van der Waals surface area contributed by atoms with Crippen LogP contribution < -0.4 is 0 Å². The molecule has 0 N–H and O–H groups in total. The molecule has 7 aromatic carbocycles. The molecule has 0 amide bonds. The monoisotopic (exact) mass is 547 g/mol. The Morgan fingerprint density at radius 2 is 0.860 bits per heavy atom. The van der Waals surface area contributed by atoms with Crippen molar-refractivity contribution in [3.05, 3.63) is 150 Å². The van der Waals surface area contributed by atoms with Crippen LogP contribution in [0.2, 0.25) is 0 Å². The second-order valence-corrected chi connectivity index (χ2v) is 12.4. The number of benzene rings is 7. The van der Waals surface area contributed by atoms with Crippen LogP contribution in [0.4, 0.5) is 0 Å². The van der Waals surface area contributed by atoms with Gasteiger partial charge in [-0.25, -0.2) is 0 Å². The normalized spacial score (nSPS) is 13.7. The highest BCUT2D eigenvalue weighted by Crippen LogP contribution is 2.46. The maximum atomic E-state index is 2.46. The number of hydrogen-bond donors (Lipinski definition) is 0. The SMILES string of the molecule is c1ccc(-n2c3ccc(-c4c5ccccc5c(-c5ccc6c(c5)CC6)c5ccccc45)cc3c3cc4c(cc32)CC4)cc1. The van der Waals surface area contributed by atoms with Crippen LogP contribution in [0.1, 0.15) is 22.3 Å². The van der Waals surface area contributed by atoms with Gasteiger partial charge >= 0.3 is 0 Å². The second kappa shape index (κ2) is 8.69. The fourth-order valence-electron chi connectivity index (χ4n) is 7.82. The summed E-state index contributed by atoms with van der Waals surface area (Å²) in [7, 11) is 0. The minimum Gasteiger partial charge on any atom is -0.309 e. The summed E-state index contributed by atoms with van der Waals surface area (Å²) < 4.78 is 2.46. The van der Waals surface area contributed by atoms with Gasteiger partial charge in [-0.05, 0) is 128 Å². The molecule has 0 spiro atoms. The third kappa shape index (κ3) is 3.28. The zero-order chi connectivity index (χ0) is 28.1. The summed E-state index contributed by atoms with van der Waals surface area (Å²) in [6.45, 7) is 0. The van der Waals surface area contributed by atoms with Crippen molar-refractivity contribution in [1.82, 2.24) is 4.57 Å². The fraction of sp³-hybridized carbons (Fsp3) is 0.0952. The molecule has 0 radical (unpaired) electrons. The highest BCUT2D eigenvalue weighted by Gasteiger charge is 2.22.